The van der Waals surface area contributed by atoms with E-state index in [1.807, 2.05) is 0 Å². The lowest BCUT2D eigenvalue weighted by atomic mass is 9.96. The van der Waals surface area contributed by atoms with Gasteiger partial charge < -0.3 is 50.0 Å². The summed E-state index contributed by atoms with van der Waals surface area (Å²) in [5, 5.41) is 71.0. The Labute approximate surface area is 141 Å². The Hall–Kier alpha value is -1.09. The van der Waals surface area contributed by atoms with Gasteiger partial charge in [-0.3, -0.25) is 0 Å². The van der Waals surface area contributed by atoms with Gasteiger partial charge in [-0.25, -0.2) is 0 Å². The first-order valence-electron chi connectivity index (χ1n) is 7.48. The van der Waals surface area contributed by atoms with Crippen molar-refractivity contribution in [2.24, 2.45) is 5.11 Å². The molecule has 0 aliphatic carbocycles. The third kappa shape index (κ3) is 4.02. The summed E-state index contributed by atoms with van der Waals surface area (Å²) < 4.78 is 15.5. The van der Waals surface area contributed by atoms with Crippen LogP contribution >= 0.6 is 0 Å². The Kier molecular flexibility index (Phi) is 6.90. The van der Waals surface area contributed by atoms with Gasteiger partial charge in [0.25, 0.3) is 0 Å². The molecule has 2 heterocycles. The van der Waals surface area contributed by atoms with Crippen LogP contribution in [0.3, 0.4) is 0 Å². The van der Waals surface area contributed by atoms with Crippen LogP contribution in [-0.4, -0.2) is 110 Å². The first-order valence-corrected chi connectivity index (χ1v) is 7.48. The van der Waals surface area contributed by atoms with Gasteiger partial charge in [0.1, 0.15) is 36.6 Å². The summed E-state index contributed by atoms with van der Waals surface area (Å²) in [6.07, 6.45) is -13.9. The van der Waals surface area contributed by atoms with E-state index in [1.54, 1.807) is 0 Å². The van der Waals surface area contributed by atoms with Gasteiger partial charge >= 0.3 is 0 Å². The summed E-state index contributed by atoms with van der Waals surface area (Å²) >= 11 is 0. The molecule has 13 heteroatoms. The van der Waals surface area contributed by atoms with Crippen LogP contribution in [0.2, 0.25) is 0 Å². The van der Waals surface area contributed by atoms with Crippen LogP contribution in [0, 0.1) is 0 Å². The van der Waals surface area contributed by atoms with Gasteiger partial charge in [-0.05, 0) is 5.53 Å². The molecule has 2 saturated heterocycles. The van der Waals surface area contributed by atoms with E-state index >= 15 is 0 Å². The molecule has 0 amide bonds. The van der Waals surface area contributed by atoms with Gasteiger partial charge in [-0.2, -0.15) is 0 Å². The molecule has 0 radical (unpaired) electrons. The molecule has 7 N–H and O–H groups in total. The molecular formula is C12H21N3O10. The minimum absolute atomic E-state index is 0.681. The summed E-state index contributed by atoms with van der Waals surface area (Å²) in [6, 6.07) is -1.41. The first kappa shape index (κ1) is 20.2. The second kappa shape index (κ2) is 8.53. The van der Waals surface area contributed by atoms with E-state index in [4.69, 9.17) is 24.8 Å². The van der Waals surface area contributed by atoms with Crippen LogP contribution in [0.4, 0.5) is 0 Å². The van der Waals surface area contributed by atoms with E-state index < -0.39 is 74.6 Å². The van der Waals surface area contributed by atoms with Crippen molar-refractivity contribution in [3.8, 4) is 0 Å². The lowest BCUT2D eigenvalue weighted by molar-refractivity contribution is -0.368. The fraction of sp³-hybridized carbons (Fsp3) is 1.00. The molecule has 13 nitrogen and oxygen atoms in total. The maximum atomic E-state index is 10.1. The van der Waals surface area contributed by atoms with Crippen molar-refractivity contribution < 1.29 is 50.0 Å². The Morgan fingerprint density at radius 1 is 0.800 bits per heavy atom. The highest BCUT2D eigenvalue weighted by molar-refractivity contribution is 4.95. The number of hydrogen-bond acceptors (Lipinski definition) is 11. The highest BCUT2D eigenvalue weighted by Crippen LogP contribution is 2.29. The first-order chi connectivity index (χ1) is 11.8. The topological polar surface area (TPSA) is 218 Å². The van der Waals surface area contributed by atoms with E-state index in [1.165, 1.54) is 0 Å². The molecule has 0 bridgehead atoms. The van der Waals surface area contributed by atoms with Gasteiger partial charge in [0.15, 0.2) is 12.6 Å². The van der Waals surface area contributed by atoms with Crippen LogP contribution in [0.5, 0.6) is 0 Å². The third-order valence-electron chi connectivity index (χ3n) is 4.15. The second-order valence-corrected chi connectivity index (χ2v) is 5.74. The maximum Gasteiger partial charge on any atom is 0.189 e. The zero-order valence-corrected chi connectivity index (χ0v) is 12.9. The normalized spacial score (nSPS) is 48.0. The van der Waals surface area contributed by atoms with Crippen molar-refractivity contribution in [1.29, 1.82) is 0 Å². The van der Waals surface area contributed by atoms with Crippen LogP contribution in [0.25, 0.3) is 10.4 Å². The third-order valence-corrected chi connectivity index (χ3v) is 4.15. The van der Waals surface area contributed by atoms with Crippen LogP contribution in [0.15, 0.2) is 5.11 Å². The van der Waals surface area contributed by atoms with Crippen molar-refractivity contribution in [1.82, 2.24) is 0 Å². The van der Waals surface area contributed by atoms with E-state index in [-0.39, 0.29) is 0 Å². The smallest absolute Gasteiger partial charge is 0.189 e. The van der Waals surface area contributed by atoms with E-state index in [2.05, 4.69) is 10.0 Å². The summed E-state index contributed by atoms with van der Waals surface area (Å²) in [4.78, 5) is 2.50. The number of aliphatic hydroxyl groups is 7. The molecule has 0 aromatic heterocycles. The lowest BCUT2D eigenvalue weighted by Crippen LogP contribution is -2.63. The largest absolute Gasteiger partial charge is 0.394 e. The Morgan fingerprint density at radius 3 is 1.84 bits per heavy atom. The lowest BCUT2D eigenvalue weighted by Gasteiger charge is -2.44. The number of rotatable bonds is 5. The molecule has 0 saturated carbocycles. The summed E-state index contributed by atoms with van der Waals surface area (Å²) in [5.41, 5.74) is 8.53. The quantitative estimate of drug-likeness (QED) is 0.141. The molecular weight excluding hydrogens is 346 g/mol. The van der Waals surface area contributed by atoms with Crippen molar-refractivity contribution in [3.63, 3.8) is 0 Å². The fourth-order valence-corrected chi connectivity index (χ4v) is 2.69. The van der Waals surface area contributed by atoms with Crippen molar-refractivity contribution in [3.05, 3.63) is 10.4 Å². The van der Waals surface area contributed by atoms with E-state index in [0.29, 0.717) is 0 Å². The number of nitrogens with zero attached hydrogens (tertiary/aromatic N) is 3. The number of ether oxygens (including phenoxy) is 3. The molecule has 4 unspecified atom stereocenters. The van der Waals surface area contributed by atoms with Crippen molar-refractivity contribution in [2.45, 2.75) is 61.3 Å². The SMILES string of the molecule is [N-]=[N+]=N[C@@H]1C(O)[C@@H](O[C@H]2OC(CO)[C@@H](O)[C@@H](O)C2O)OC(CO)[C@H]1O. The number of azide groups is 1. The standard InChI is InChI=1S/C12H21N3O10/c13-15-14-5-6(18)3(1-16)23-11(8(5)20)25-12-10(22)9(21)7(19)4(2-17)24-12/h3-12,16-22H,1-2H2/t3?,4?,5-,6+,7+,8?,9+,10?,11+,12+/m0/s1. The molecule has 0 aromatic rings. The highest BCUT2D eigenvalue weighted by atomic mass is 16.8. The maximum absolute atomic E-state index is 10.1. The minimum Gasteiger partial charge on any atom is -0.394 e. The Balaban J connectivity index is 2.15. The second-order valence-electron chi connectivity index (χ2n) is 5.74. The molecule has 0 aromatic carbocycles. The highest BCUT2D eigenvalue weighted by Gasteiger charge is 2.49. The van der Waals surface area contributed by atoms with E-state index in [9.17, 15) is 30.6 Å². The predicted octanol–water partition coefficient (Wildman–Crippen LogP) is -4.08. The average molecular weight is 367 g/mol. The molecule has 144 valence electrons. The zero-order valence-electron chi connectivity index (χ0n) is 12.9. The van der Waals surface area contributed by atoms with E-state index in [0.717, 1.165) is 0 Å². The van der Waals surface area contributed by atoms with Crippen molar-refractivity contribution in [2.75, 3.05) is 13.2 Å². The Bertz CT molecular complexity index is 490. The fourth-order valence-electron chi connectivity index (χ4n) is 2.69. The minimum atomic E-state index is -1.74. The molecule has 2 aliphatic heterocycles. The van der Waals surface area contributed by atoms with Crippen LogP contribution in [-0.2, 0) is 14.2 Å². The van der Waals surface area contributed by atoms with Gasteiger partial charge in [-0.15, -0.1) is 0 Å². The Morgan fingerprint density at radius 2 is 1.32 bits per heavy atom. The molecule has 2 aliphatic rings. The van der Waals surface area contributed by atoms with Gasteiger partial charge in [-0.1, -0.05) is 5.11 Å². The van der Waals surface area contributed by atoms with Crippen molar-refractivity contribution >= 4 is 0 Å². The van der Waals surface area contributed by atoms with Gasteiger partial charge in [0, 0.05) is 4.91 Å². The monoisotopic (exact) mass is 367 g/mol. The molecule has 10 atom stereocenters. The number of hydrogen-bond donors (Lipinski definition) is 7. The summed E-state index contributed by atoms with van der Waals surface area (Å²) in [5.74, 6) is 0. The average Bonchev–Trinajstić information content (AvgIpc) is 2.61. The summed E-state index contributed by atoms with van der Waals surface area (Å²) in [7, 11) is 0. The molecule has 2 rings (SSSR count). The van der Waals surface area contributed by atoms with Crippen LogP contribution < -0.4 is 0 Å². The predicted molar refractivity (Wildman–Crippen MR) is 75.5 cm³/mol. The summed E-state index contributed by atoms with van der Waals surface area (Å²) in [6.45, 7) is -1.36. The van der Waals surface area contributed by atoms with Gasteiger partial charge in [0.05, 0.1) is 25.4 Å². The molecule has 25 heavy (non-hydrogen) atoms. The molecule has 2 fully saturated rings. The zero-order chi connectivity index (χ0) is 18.7. The van der Waals surface area contributed by atoms with Gasteiger partial charge in [0.2, 0.25) is 0 Å². The number of aliphatic hydroxyl groups excluding tert-OH is 7. The molecule has 0 spiro atoms. The van der Waals surface area contributed by atoms with Crippen LogP contribution in [0.1, 0.15) is 0 Å².